The summed E-state index contributed by atoms with van der Waals surface area (Å²) < 4.78 is 12.9. The highest BCUT2D eigenvalue weighted by molar-refractivity contribution is 6.31. The van der Waals surface area contributed by atoms with Crippen LogP contribution < -0.4 is 20.3 Å². The Labute approximate surface area is 177 Å². The third kappa shape index (κ3) is 4.23. The molecule has 1 aromatic heterocycles. The van der Waals surface area contributed by atoms with E-state index in [-0.39, 0.29) is 0 Å². The molecule has 2 aromatic carbocycles. The fourth-order valence-electron chi connectivity index (χ4n) is 3.06. The molecule has 2 heterocycles. The van der Waals surface area contributed by atoms with Crippen molar-refractivity contribution in [2.45, 2.75) is 6.42 Å². The number of amides is 2. The van der Waals surface area contributed by atoms with E-state index in [2.05, 4.69) is 16.0 Å². The van der Waals surface area contributed by atoms with Crippen molar-refractivity contribution >= 4 is 23.4 Å². The molecule has 8 nitrogen and oxygen atoms in total. The highest BCUT2D eigenvalue weighted by atomic mass is 35.5. The Kier molecular flexibility index (Phi) is 5.58. The van der Waals surface area contributed by atoms with Crippen LogP contribution in [0.1, 0.15) is 27.1 Å². The fraction of sp³-hybridized carbons (Fsp3) is 0.190. The van der Waals surface area contributed by atoms with Crippen molar-refractivity contribution in [1.29, 1.82) is 0 Å². The van der Waals surface area contributed by atoms with Crippen LogP contribution in [0.4, 0.5) is 0 Å². The molecule has 0 saturated carbocycles. The molecule has 0 fully saturated rings. The van der Waals surface area contributed by atoms with Crippen LogP contribution in [0.3, 0.4) is 0 Å². The number of carbonyl (C=O) groups excluding carboxylic acids is 2. The van der Waals surface area contributed by atoms with Crippen LogP contribution in [-0.4, -0.2) is 34.8 Å². The molecule has 0 saturated heterocycles. The normalized spacial score (nSPS) is 12.7. The Morgan fingerprint density at radius 3 is 2.60 bits per heavy atom. The van der Waals surface area contributed by atoms with Crippen molar-refractivity contribution in [3.05, 3.63) is 64.8 Å². The summed E-state index contributed by atoms with van der Waals surface area (Å²) in [4.78, 5) is 25.0. The SMILES string of the molecule is Cn1cc(C(=O)NNC(=O)c2cccc(Cl)c2)c(-c2ccc3c(c2)OCCCO3)n1. The summed E-state index contributed by atoms with van der Waals surface area (Å²) in [5.74, 6) is 0.288. The molecule has 0 bridgehead atoms. The average molecular weight is 427 g/mol. The van der Waals surface area contributed by atoms with E-state index in [9.17, 15) is 9.59 Å². The number of aromatic nitrogens is 2. The number of nitrogens with one attached hydrogen (secondary N) is 2. The lowest BCUT2D eigenvalue weighted by molar-refractivity contribution is 0.0847. The first-order chi connectivity index (χ1) is 14.5. The molecule has 30 heavy (non-hydrogen) atoms. The monoisotopic (exact) mass is 426 g/mol. The van der Waals surface area contributed by atoms with E-state index >= 15 is 0 Å². The maximum atomic E-state index is 12.7. The quantitative estimate of drug-likeness (QED) is 0.628. The first-order valence-electron chi connectivity index (χ1n) is 9.31. The van der Waals surface area contributed by atoms with E-state index in [1.54, 1.807) is 43.6 Å². The van der Waals surface area contributed by atoms with Gasteiger partial charge in [-0.25, -0.2) is 0 Å². The van der Waals surface area contributed by atoms with Crippen LogP contribution in [0.2, 0.25) is 5.02 Å². The molecule has 9 heteroatoms. The molecule has 1 aliphatic rings. The van der Waals surface area contributed by atoms with Crippen molar-refractivity contribution in [3.63, 3.8) is 0 Å². The Morgan fingerprint density at radius 1 is 1.03 bits per heavy atom. The number of hydrazine groups is 1. The molecular weight excluding hydrogens is 408 g/mol. The minimum atomic E-state index is -0.499. The van der Waals surface area contributed by atoms with Crippen LogP contribution in [0.5, 0.6) is 11.5 Å². The summed E-state index contributed by atoms with van der Waals surface area (Å²) in [6, 6.07) is 11.8. The largest absolute Gasteiger partial charge is 0.490 e. The van der Waals surface area contributed by atoms with Gasteiger partial charge in [0.15, 0.2) is 11.5 Å². The smallest absolute Gasteiger partial charge is 0.273 e. The summed E-state index contributed by atoms with van der Waals surface area (Å²) in [5.41, 5.74) is 6.61. The molecule has 3 aromatic rings. The second kappa shape index (κ2) is 8.46. The van der Waals surface area contributed by atoms with Crippen LogP contribution in [0.25, 0.3) is 11.3 Å². The molecule has 0 spiro atoms. The number of ether oxygens (including phenoxy) is 2. The summed E-state index contributed by atoms with van der Waals surface area (Å²) >= 11 is 5.90. The lowest BCUT2D eigenvalue weighted by Gasteiger charge is -2.10. The topological polar surface area (TPSA) is 94.5 Å². The van der Waals surface area contributed by atoms with Gasteiger partial charge in [-0.3, -0.25) is 25.1 Å². The summed E-state index contributed by atoms with van der Waals surface area (Å²) in [5, 5.41) is 4.83. The first kappa shape index (κ1) is 19.8. The van der Waals surface area contributed by atoms with Gasteiger partial charge < -0.3 is 9.47 Å². The van der Waals surface area contributed by atoms with Crippen molar-refractivity contribution in [3.8, 4) is 22.8 Å². The van der Waals surface area contributed by atoms with E-state index < -0.39 is 11.8 Å². The number of fused-ring (bicyclic) bond motifs is 1. The molecule has 4 rings (SSSR count). The van der Waals surface area contributed by atoms with Crippen molar-refractivity contribution < 1.29 is 19.1 Å². The van der Waals surface area contributed by atoms with E-state index in [4.69, 9.17) is 21.1 Å². The Bertz CT molecular complexity index is 1110. The molecule has 2 amide bonds. The van der Waals surface area contributed by atoms with Crippen LogP contribution in [-0.2, 0) is 7.05 Å². The van der Waals surface area contributed by atoms with Crippen molar-refractivity contribution in [1.82, 2.24) is 20.6 Å². The van der Waals surface area contributed by atoms with Crippen molar-refractivity contribution in [2.75, 3.05) is 13.2 Å². The van der Waals surface area contributed by atoms with Gasteiger partial charge in [-0.15, -0.1) is 0 Å². The van der Waals surface area contributed by atoms with E-state index in [1.807, 2.05) is 6.07 Å². The number of benzene rings is 2. The molecule has 0 unspecified atom stereocenters. The second-order valence-corrected chi connectivity index (χ2v) is 7.13. The standard InChI is InChI=1S/C21H19ClN4O4/c1-26-12-16(21(28)24-23-20(27)14-4-2-5-15(22)10-14)19(25-26)13-6-7-17-18(11-13)30-9-3-8-29-17/h2,4-7,10-12H,3,8-9H2,1H3,(H,23,27)(H,24,28). The molecule has 0 radical (unpaired) electrons. The number of rotatable bonds is 3. The van der Waals surface area contributed by atoms with Crippen molar-refractivity contribution in [2.24, 2.45) is 7.05 Å². The first-order valence-corrected chi connectivity index (χ1v) is 9.69. The number of nitrogens with zero attached hydrogens (tertiary/aromatic N) is 2. The van der Waals surface area contributed by atoms with Gasteiger partial charge in [-0.05, 0) is 36.4 Å². The Balaban J connectivity index is 1.54. The van der Waals surface area contributed by atoms with Gasteiger partial charge >= 0.3 is 0 Å². The number of hydrogen-bond acceptors (Lipinski definition) is 5. The minimum absolute atomic E-state index is 0.304. The van der Waals surface area contributed by atoms with E-state index in [1.165, 1.54) is 10.7 Å². The summed E-state index contributed by atoms with van der Waals surface area (Å²) in [7, 11) is 1.72. The molecule has 0 aliphatic carbocycles. The molecule has 0 atom stereocenters. The van der Waals surface area contributed by atoms with Crippen LogP contribution >= 0.6 is 11.6 Å². The lowest BCUT2D eigenvalue weighted by Crippen LogP contribution is -2.41. The molecule has 1 aliphatic heterocycles. The Hall–Kier alpha value is -3.52. The molecule has 154 valence electrons. The highest BCUT2D eigenvalue weighted by Crippen LogP contribution is 2.34. The average Bonchev–Trinajstić information content (AvgIpc) is 2.98. The molecule has 2 N–H and O–H groups in total. The number of hydrogen-bond donors (Lipinski definition) is 2. The third-order valence-electron chi connectivity index (χ3n) is 4.47. The van der Waals surface area contributed by atoms with Gasteiger partial charge in [0.05, 0.1) is 18.8 Å². The van der Waals surface area contributed by atoms with Crippen LogP contribution in [0, 0.1) is 0 Å². The predicted molar refractivity (Wildman–Crippen MR) is 111 cm³/mol. The third-order valence-corrected chi connectivity index (χ3v) is 4.71. The summed E-state index contributed by atoms with van der Waals surface area (Å²) in [6.45, 7) is 1.15. The second-order valence-electron chi connectivity index (χ2n) is 6.70. The van der Waals surface area contributed by atoms with Gasteiger partial charge in [0.2, 0.25) is 0 Å². The fourth-order valence-corrected chi connectivity index (χ4v) is 3.25. The highest BCUT2D eigenvalue weighted by Gasteiger charge is 2.20. The maximum Gasteiger partial charge on any atom is 0.273 e. The van der Waals surface area contributed by atoms with Gasteiger partial charge in [0.1, 0.15) is 5.69 Å². The van der Waals surface area contributed by atoms with E-state index in [0.717, 1.165) is 6.42 Å². The lowest BCUT2D eigenvalue weighted by atomic mass is 10.1. The zero-order chi connectivity index (χ0) is 21.1. The Morgan fingerprint density at radius 2 is 1.80 bits per heavy atom. The predicted octanol–water partition coefficient (Wildman–Crippen LogP) is 2.98. The van der Waals surface area contributed by atoms with Gasteiger partial charge in [0.25, 0.3) is 11.8 Å². The van der Waals surface area contributed by atoms with Gasteiger partial charge in [-0.2, -0.15) is 5.10 Å². The zero-order valence-electron chi connectivity index (χ0n) is 16.1. The zero-order valence-corrected chi connectivity index (χ0v) is 16.9. The van der Waals surface area contributed by atoms with Gasteiger partial charge in [-0.1, -0.05) is 17.7 Å². The molecular formula is C21H19ClN4O4. The summed E-state index contributed by atoms with van der Waals surface area (Å²) in [6.07, 6.45) is 2.38. The minimum Gasteiger partial charge on any atom is -0.490 e. The van der Waals surface area contributed by atoms with Gasteiger partial charge in [0, 0.05) is 35.8 Å². The van der Waals surface area contributed by atoms with Crippen LogP contribution in [0.15, 0.2) is 48.7 Å². The maximum absolute atomic E-state index is 12.7. The van der Waals surface area contributed by atoms with E-state index in [0.29, 0.717) is 52.1 Å². The number of aryl methyl sites for hydroxylation is 1. The number of halogens is 1. The number of carbonyl (C=O) groups is 2.